The molecule has 0 aromatic carbocycles. The molecule has 0 saturated carbocycles. The van der Waals surface area contributed by atoms with Crippen LogP contribution in [0.4, 0.5) is 5.69 Å². The Hall–Kier alpha value is -1.33. The molecule has 19 heavy (non-hydrogen) atoms. The number of anilines is 1. The van der Waals surface area contributed by atoms with Crippen LogP contribution in [0.15, 0.2) is 18.3 Å². The molecule has 2 heterocycles. The fourth-order valence-electron chi connectivity index (χ4n) is 2.27. The normalized spacial score (nSPS) is 20.8. The van der Waals surface area contributed by atoms with Crippen LogP contribution < -0.4 is 15.4 Å². The highest BCUT2D eigenvalue weighted by atomic mass is 16.5. The van der Waals surface area contributed by atoms with Gasteiger partial charge >= 0.3 is 0 Å². The molecule has 106 valence electrons. The second kappa shape index (κ2) is 7.31. The van der Waals surface area contributed by atoms with E-state index in [1.807, 2.05) is 19.1 Å². The van der Waals surface area contributed by atoms with E-state index in [9.17, 15) is 0 Å². The smallest absolute Gasteiger partial charge is 0.237 e. The summed E-state index contributed by atoms with van der Waals surface area (Å²) in [6, 6.07) is 4.67. The highest BCUT2D eigenvalue weighted by Gasteiger charge is 2.17. The topological polar surface area (TPSA) is 55.4 Å². The van der Waals surface area contributed by atoms with Gasteiger partial charge in [-0.1, -0.05) is 0 Å². The van der Waals surface area contributed by atoms with Gasteiger partial charge in [0.1, 0.15) is 0 Å². The summed E-state index contributed by atoms with van der Waals surface area (Å²) >= 11 is 0. The molecule has 0 spiro atoms. The molecular formula is C14H23N3O2. The summed E-state index contributed by atoms with van der Waals surface area (Å²) in [7, 11) is 0. The van der Waals surface area contributed by atoms with E-state index < -0.39 is 0 Å². The number of nitrogens with zero attached hydrogens (tertiary/aromatic N) is 1. The first-order valence-corrected chi connectivity index (χ1v) is 6.95. The molecule has 2 unspecified atom stereocenters. The number of morpholine rings is 1. The number of hydrogen-bond donors (Lipinski definition) is 2. The number of hydrogen-bond acceptors (Lipinski definition) is 5. The van der Waals surface area contributed by atoms with Crippen LogP contribution in [0.1, 0.15) is 20.3 Å². The van der Waals surface area contributed by atoms with Crippen molar-refractivity contribution in [1.82, 2.24) is 10.3 Å². The molecule has 1 aromatic rings. The number of pyridine rings is 1. The predicted molar refractivity (Wildman–Crippen MR) is 75.7 cm³/mol. The molecule has 0 radical (unpaired) electrons. The van der Waals surface area contributed by atoms with Gasteiger partial charge in [0.25, 0.3) is 0 Å². The molecule has 1 saturated heterocycles. The maximum Gasteiger partial charge on any atom is 0.237 e. The summed E-state index contributed by atoms with van der Waals surface area (Å²) in [5.41, 5.74) is 0.952. The standard InChI is InChI=1S/C14H23N3O2/c1-3-19-14-13(5-4-6-16-14)17-11(2)9-12-10-18-8-7-15-12/h4-6,11-12,15,17H,3,7-10H2,1-2H3. The van der Waals surface area contributed by atoms with E-state index in [1.54, 1.807) is 6.20 Å². The largest absolute Gasteiger partial charge is 0.476 e. The summed E-state index contributed by atoms with van der Waals surface area (Å²) in [6.45, 7) is 7.30. The first-order chi connectivity index (χ1) is 9.29. The molecule has 1 aliphatic rings. The maximum absolute atomic E-state index is 5.51. The van der Waals surface area contributed by atoms with Crippen LogP contribution >= 0.6 is 0 Å². The van der Waals surface area contributed by atoms with E-state index in [4.69, 9.17) is 9.47 Å². The van der Waals surface area contributed by atoms with E-state index in [1.165, 1.54) is 0 Å². The van der Waals surface area contributed by atoms with Gasteiger partial charge in [-0.15, -0.1) is 0 Å². The average molecular weight is 265 g/mol. The summed E-state index contributed by atoms with van der Waals surface area (Å²) in [4.78, 5) is 4.24. The van der Waals surface area contributed by atoms with Crippen molar-refractivity contribution >= 4 is 5.69 Å². The van der Waals surface area contributed by atoms with Gasteiger partial charge < -0.3 is 20.1 Å². The molecule has 5 heteroatoms. The Balaban J connectivity index is 1.88. The van der Waals surface area contributed by atoms with Crippen LogP contribution in [0.25, 0.3) is 0 Å². The Kier molecular flexibility index (Phi) is 5.42. The van der Waals surface area contributed by atoms with Crippen molar-refractivity contribution in [3.05, 3.63) is 18.3 Å². The fourth-order valence-corrected chi connectivity index (χ4v) is 2.27. The SMILES string of the molecule is CCOc1ncccc1NC(C)CC1COCCN1. The number of nitrogens with one attached hydrogen (secondary N) is 2. The van der Waals surface area contributed by atoms with Crippen LogP contribution in [0.2, 0.25) is 0 Å². The zero-order valence-electron chi connectivity index (χ0n) is 11.7. The number of aromatic nitrogens is 1. The summed E-state index contributed by atoms with van der Waals surface area (Å²) < 4.78 is 11.0. The van der Waals surface area contributed by atoms with E-state index >= 15 is 0 Å². The van der Waals surface area contributed by atoms with Crippen molar-refractivity contribution in [2.75, 3.05) is 31.7 Å². The summed E-state index contributed by atoms with van der Waals surface area (Å²) in [6.07, 6.45) is 2.76. The molecule has 5 nitrogen and oxygen atoms in total. The van der Waals surface area contributed by atoms with E-state index in [2.05, 4.69) is 22.5 Å². The van der Waals surface area contributed by atoms with Crippen molar-refractivity contribution in [2.45, 2.75) is 32.4 Å². The Morgan fingerprint density at radius 3 is 3.26 bits per heavy atom. The van der Waals surface area contributed by atoms with Crippen molar-refractivity contribution in [1.29, 1.82) is 0 Å². The maximum atomic E-state index is 5.51. The van der Waals surface area contributed by atoms with Crippen molar-refractivity contribution in [3.8, 4) is 5.88 Å². The second-order valence-corrected chi connectivity index (χ2v) is 4.80. The lowest BCUT2D eigenvalue weighted by molar-refractivity contribution is 0.0731. The minimum Gasteiger partial charge on any atom is -0.476 e. The summed E-state index contributed by atoms with van der Waals surface area (Å²) in [5, 5.41) is 6.92. The van der Waals surface area contributed by atoms with E-state index in [0.29, 0.717) is 24.6 Å². The summed E-state index contributed by atoms with van der Waals surface area (Å²) in [5.74, 6) is 0.671. The van der Waals surface area contributed by atoms with Crippen LogP contribution in [0.5, 0.6) is 5.88 Å². The molecule has 1 aromatic heterocycles. The van der Waals surface area contributed by atoms with Crippen LogP contribution in [-0.2, 0) is 4.74 Å². The molecule has 0 amide bonds. The van der Waals surface area contributed by atoms with Gasteiger partial charge in [0.2, 0.25) is 5.88 Å². The Labute approximate surface area is 114 Å². The highest BCUT2D eigenvalue weighted by Crippen LogP contribution is 2.22. The number of ether oxygens (including phenoxy) is 2. The fraction of sp³-hybridized carbons (Fsp3) is 0.643. The van der Waals surface area contributed by atoms with Gasteiger partial charge in [-0.3, -0.25) is 0 Å². The minimum atomic E-state index is 0.336. The van der Waals surface area contributed by atoms with Gasteiger partial charge in [0.15, 0.2) is 0 Å². The average Bonchev–Trinajstić information content (AvgIpc) is 2.42. The molecule has 2 atom stereocenters. The van der Waals surface area contributed by atoms with E-state index in [-0.39, 0.29) is 0 Å². The van der Waals surface area contributed by atoms with Crippen LogP contribution in [0.3, 0.4) is 0 Å². The van der Waals surface area contributed by atoms with Gasteiger partial charge in [-0.2, -0.15) is 0 Å². The molecule has 0 bridgehead atoms. The number of rotatable bonds is 6. The Morgan fingerprint density at radius 1 is 1.63 bits per heavy atom. The highest BCUT2D eigenvalue weighted by molar-refractivity contribution is 5.52. The molecule has 2 N–H and O–H groups in total. The first kappa shape index (κ1) is 14.1. The van der Waals surface area contributed by atoms with Gasteiger partial charge in [0.05, 0.1) is 25.5 Å². The Morgan fingerprint density at radius 2 is 2.53 bits per heavy atom. The molecule has 1 aliphatic heterocycles. The third-order valence-corrected chi connectivity index (χ3v) is 3.09. The van der Waals surface area contributed by atoms with Crippen LogP contribution in [-0.4, -0.2) is 43.4 Å². The molecule has 2 rings (SSSR count). The minimum absolute atomic E-state index is 0.336. The van der Waals surface area contributed by atoms with Gasteiger partial charge in [-0.25, -0.2) is 4.98 Å². The molecular weight excluding hydrogens is 242 g/mol. The zero-order valence-corrected chi connectivity index (χ0v) is 11.7. The predicted octanol–water partition coefficient (Wildman–Crippen LogP) is 1.66. The third kappa shape index (κ3) is 4.36. The third-order valence-electron chi connectivity index (χ3n) is 3.09. The van der Waals surface area contributed by atoms with Crippen molar-refractivity contribution < 1.29 is 9.47 Å². The van der Waals surface area contributed by atoms with Gasteiger partial charge in [-0.05, 0) is 32.4 Å². The second-order valence-electron chi connectivity index (χ2n) is 4.80. The zero-order chi connectivity index (χ0) is 13.5. The molecule has 0 aliphatic carbocycles. The monoisotopic (exact) mass is 265 g/mol. The lowest BCUT2D eigenvalue weighted by Crippen LogP contribution is -2.43. The van der Waals surface area contributed by atoms with Crippen LogP contribution in [0, 0.1) is 0 Å². The van der Waals surface area contributed by atoms with Crippen molar-refractivity contribution in [2.24, 2.45) is 0 Å². The molecule has 1 fully saturated rings. The first-order valence-electron chi connectivity index (χ1n) is 6.95. The van der Waals surface area contributed by atoms with Gasteiger partial charge in [0, 0.05) is 24.8 Å². The lowest BCUT2D eigenvalue weighted by atomic mass is 10.1. The quantitative estimate of drug-likeness (QED) is 0.819. The Bertz CT molecular complexity index is 381. The van der Waals surface area contributed by atoms with E-state index in [0.717, 1.165) is 31.9 Å². The van der Waals surface area contributed by atoms with Crippen molar-refractivity contribution in [3.63, 3.8) is 0 Å². The lowest BCUT2D eigenvalue weighted by Gasteiger charge is -2.27.